The van der Waals surface area contributed by atoms with Crippen LogP contribution in [0, 0.1) is 5.92 Å². The predicted octanol–water partition coefficient (Wildman–Crippen LogP) is 2.33. The quantitative estimate of drug-likeness (QED) is 0.840. The molecule has 1 aromatic rings. The van der Waals surface area contributed by atoms with E-state index in [1.807, 2.05) is 12.4 Å². The Hall–Kier alpha value is -1.00. The molecule has 1 aromatic heterocycles. The van der Waals surface area contributed by atoms with E-state index in [4.69, 9.17) is 4.74 Å². The molecular formula is C14H23N3O. The SMILES string of the molecule is CCCNC(c1cncnc1)C1CCOC1CC. The summed E-state index contributed by atoms with van der Waals surface area (Å²) in [6, 6.07) is 0.318. The Labute approximate surface area is 109 Å². The first-order valence-electron chi connectivity index (χ1n) is 6.96. The molecule has 3 unspecified atom stereocenters. The monoisotopic (exact) mass is 249 g/mol. The van der Waals surface area contributed by atoms with E-state index in [1.165, 1.54) is 5.56 Å². The molecule has 0 bridgehead atoms. The summed E-state index contributed by atoms with van der Waals surface area (Å²) in [5.41, 5.74) is 1.18. The van der Waals surface area contributed by atoms with E-state index in [2.05, 4.69) is 29.1 Å². The third-order valence-corrected chi connectivity index (χ3v) is 3.65. The summed E-state index contributed by atoms with van der Waals surface area (Å²) in [5.74, 6) is 0.535. The fraction of sp³-hybridized carbons (Fsp3) is 0.714. The van der Waals surface area contributed by atoms with E-state index < -0.39 is 0 Å². The Morgan fingerprint density at radius 2 is 2.17 bits per heavy atom. The summed E-state index contributed by atoms with van der Waals surface area (Å²) in [7, 11) is 0. The molecule has 3 atom stereocenters. The van der Waals surface area contributed by atoms with Crippen molar-refractivity contribution in [1.29, 1.82) is 0 Å². The molecule has 1 saturated heterocycles. The van der Waals surface area contributed by atoms with Gasteiger partial charge in [-0.1, -0.05) is 13.8 Å². The van der Waals surface area contributed by atoms with E-state index in [0.717, 1.165) is 32.4 Å². The van der Waals surface area contributed by atoms with Gasteiger partial charge in [0.2, 0.25) is 0 Å². The molecule has 0 aromatic carbocycles. The first kappa shape index (κ1) is 13.4. The molecule has 2 heterocycles. The van der Waals surface area contributed by atoms with Crippen molar-refractivity contribution in [3.63, 3.8) is 0 Å². The predicted molar refractivity (Wildman–Crippen MR) is 71.2 cm³/mol. The lowest BCUT2D eigenvalue weighted by atomic mass is 9.87. The van der Waals surface area contributed by atoms with Crippen LogP contribution in [0.3, 0.4) is 0 Å². The van der Waals surface area contributed by atoms with Gasteiger partial charge in [0.1, 0.15) is 6.33 Å². The molecule has 100 valence electrons. The average molecular weight is 249 g/mol. The van der Waals surface area contributed by atoms with Crippen LogP contribution in [-0.4, -0.2) is 29.2 Å². The Morgan fingerprint density at radius 1 is 1.39 bits per heavy atom. The molecule has 18 heavy (non-hydrogen) atoms. The zero-order valence-electron chi connectivity index (χ0n) is 11.3. The van der Waals surface area contributed by atoms with Crippen molar-refractivity contribution < 1.29 is 4.74 Å². The van der Waals surface area contributed by atoms with Gasteiger partial charge in [0, 0.05) is 36.5 Å². The number of aromatic nitrogens is 2. The number of hydrogen-bond donors (Lipinski definition) is 1. The maximum atomic E-state index is 5.82. The van der Waals surface area contributed by atoms with Crippen LogP contribution in [0.5, 0.6) is 0 Å². The highest BCUT2D eigenvalue weighted by atomic mass is 16.5. The van der Waals surface area contributed by atoms with Crippen molar-refractivity contribution in [3.05, 3.63) is 24.3 Å². The molecule has 4 heteroatoms. The maximum Gasteiger partial charge on any atom is 0.115 e. The Bertz CT molecular complexity index is 344. The minimum Gasteiger partial charge on any atom is -0.378 e. The van der Waals surface area contributed by atoms with Gasteiger partial charge in [0.25, 0.3) is 0 Å². The molecule has 0 spiro atoms. The second kappa shape index (κ2) is 6.81. The highest BCUT2D eigenvalue weighted by molar-refractivity contribution is 5.12. The van der Waals surface area contributed by atoms with E-state index >= 15 is 0 Å². The number of rotatable bonds is 6. The molecule has 0 aliphatic carbocycles. The van der Waals surface area contributed by atoms with Gasteiger partial charge in [-0.2, -0.15) is 0 Å². The van der Waals surface area contributed by atoms with Crippen molar-refractivity contribution in [1.82, 2.24) is 15.3 Å². The zero-order valence-corrected chi connectivity index (χ0v) is 11.3. The van der Waals surface area contributed by atoms with Crippen LogP contribution >= 0.6 is 0 Å². The first-order chi connectivity index (χ1) is 8.86. The minimum absolute atomic E-state index is 0.318. The van der Waals surface area contributed by atoms with Crippen molar-refractivity contribution >= 4 is 0 Å². The summed E-state index contributed by atoms with van der Waals surface area (Å²) in [4.78, 5) is 8.29. The first-order valence-corrected chi connectivity index (χ1v) is 6.96. The van der Waals surface area contributed by atoms with Gasteiger partial charge < -0.3 is 10.1 Å². The summed E-state index contributed by atoms with van der Waals surface area (Å²) in [6.07, 6.45) is 9.12. The summed E-state index contributed by atoms with van der Waals surface area (Å²) in [5, 5.41) is 3.63. The molecule has 1 fully saturated rings. The molecule has 0 radical (unpaired) electrons. The van der Waals surface area contributed by atoms with Gasteiger partial charge in [-0.3, -0.25) is 0 Å². The zero-order chi connectivity index (χ0) is 12.8. The van der Waals surface area contributed by atoms with Gasteiger partial charge in [-0.25, -0.2) is 9.97 Å². The highest BCUT2D eigenvalue weighted by Crippen LogP contribution is 2.34. The van der Waals surface area contributed by atoms with Crippen LogP contribution in [0.25, 0.3) is 0 Å². The van der Waals surface area contributed by atoms with Crippen molar-refractivity contribution in [2.45, 2.75) is 45.3 Å². The highest BCUT2D eigenvalue weighted by Gasteiger charge is 2.34. The third-order valence-electron chi connectivity index (χ3n) is 3.65. The fourth-order valence-electron chi connectivity index (χ4n) is 2.75. The number of hydrogen-bond acceptors (Lipinski definition) is 4. The summed E-state index contributed by atoms with van der Waals surface area (Å²) < 4.78 is 5.82. The van der Waals surface area contributed by atoms with Gasteiger partial charge >= 0.3 is 0 Å². The minimum atomic E-state index is 0.318. The largest absolute Gasteiger partial charge is 0.378 e. The van der Waals surface area contributed by atoms with Gasteiger partial charge in [-0.15, -0.1) is 0 Å². The molecule has 2 rings (SSSR count). The van der Waals surface area contributed by atoms with Gasteiger partial charge in [0.15, 0.2) is 0 Å². The molecular weight excluding hydrogens is 226 g/mol. The maximum absolute atomic E-state index is 5.82. The number of nitrogens with zero attached hydrogens (tertiary/aromatic N) is 2. The average Bonchev–Trinajstić information content (AvgIpc) is 2.89. The van der Waals surface area contributed by atoms with Gasteiger partial charge in [-0.05, 0) is 25.8 Å². The molecule has 0 saturated carbocycles. The molecule has 1 N–H and O–H groups in total. The lowest BCUT2D eigenvalue weighted by Crippen LogP contribution is -2.33. The van der Waals surface area contributed by atoms with Gasteiger partial charge in [0.05, 0.1) is 6.10 Å². The van der Waals surface area contributed by atoms with Crippen LogP contribution < -0.4 is 5.32 Å². The van der Waals surface area contributed by atoms with Crippen LogP contribution in [-0.2, 0) is 4.74 Å². The Kier molecular flexibility index (Phi) is 5.08. The second-order valence-corrected chi connectivity index (χ2v) is 4.87. The lowest BCUT2D eigenvalue weighted by Gasteiger charge is -2.28. The molecule has 0 amide bonds. The number of ether oxygens (including phenoxy) is 1. The normalized spacial score (nSPS) is 25.2. The molecule has 1 aliphatic heterocycles. The van der Waals surface area contributed by atoms with Crippen LogP contribution in [0.4, 0.5) is 0 Å². The van der Waals surface area contributed by atoms with Crippen molar-refractivity contribution in [2.75, 3.05) is 13.2 Å². The van der Waals surface area contributed by atoms with Crippen LogP contribution in [0.2, 0.25) is 0 Å². The Balaban J connectivity index is 2.14. The molecule has 1 aliphatic rings. The van der Waals surface area contributed by atoms with E-state index in [-0.39, 0.29) is 0 Å². The van der Waals surface area contributed by atoms with Crippen LogP contribution in [0.1, 0.15) is 44.7 Å². The Morgan fingerprint density at radius 3 is 2.83 bits per heavy atom. The summed E-state index contributed by atoms with van der Waals surface area (Å²) in [6.45, 7) is 6.28. The second-order valence-electron chi connectivity index (χ2n) is 4.87. The van der Waals surface area contributed by atoms with E-state index in [0.29, 0.717) is 18.1 Å². The topological polar surface area (TPSA) is 47.0 Å². The van der Waals surface area contributed by atoms with E-state index in [1.54, 1.807) is 6.33 Å². The molecule has 4 nitrogen and oxygen atoms in total. The summed E-state index contributed by atoms with van der Waals surface area (Å²) >= 11 is 0. The lowest BCUT2D eigenvalue weighted by molar-refractivity contribution is 0.0773. The van der Waals surface area contributed by atoms with Crippen molar-refractivity contribution in [3.8, 4) is 0 Å². The van der Waals surface area contributed by atoms with Crippen molar-refractivity contribution in [2.24, 2.45) is 5.92 Å². The van der Waals surface area contributed by atoms with E-state index in [9.17, 15) is 0 Å². The number of nitrogens with one attached hydrogen (secondary N) is 1. The van der Waals surface area contributed by atoms with Crippen LogP contribution in [0.15, 0.2) is 18.7 Å². The standard InChI is InChI=1S/C14H23N3O/c1-3-6-17-14(11-8-15-10-16-9-11)12-5-7-18-13(12)4-2/h8-10,12-14,17H,3-7H2,1-2H3. The fourth-order valence-corrected chi connectivity index (χ4v) is 2.75. The third kappa shape index (κ3) is 3.06. The smallest absolute Gasteiger partial charge is 0.115 e.